The molecule has 0 bridgehead atoms. The molecule has 3 N–H and O–H groups in total. The molecule has 1 aliphatic rings. The molecule has 0 unspecified atom stereocenters. The molecule has 0 spiro atoms. The molecule has 2 aromatic rings. The molecule has 0 atom stereocenters. The molecule has 126 valence electrons. The normalized spacial score (nSPS) is 15.4. The molecule has 1 saturated heterocycles. The number of benzene rings is 2. The number of carbonyl (C=O) groups excluding carboxylic acids is 1. The average Bonchev–Trinajstić information content (AvgIpc) is 2.57. The summed E-state index contributed by atoms with van der Waals surface area (Å²) in [4.78, 5) is 12.2. The van der Waals surface area contributed by atoms with Gasteiger partial charge in [0.05, 0.1) is 25.2 Å². The Hall–Kier alpha value is -2.37. The van der Waals surface area contributed by atoms with E-state index in [-0.39, 0.29) is 17.9 Å². The topological polar surface area (TPSA) is 70.6 Å². The van der Waals surface area contributed by atoms with E-state index >= 15 is 0 Å². The number of aliphatic hydroxyl groups is 1. The van der Waals surface area contributed by atoms with Crippen molar-refractivity contribution in [3.63, 3.8) is 0 Å². The lowest BCUT2D eigenvalue weighted by molar-refractivity contribution is -0.128. The summed E-state index contributed by atoms with van der Waals surface area (Å²) in [7, 11) is 0. The van der Waals surface area contributed by atoms with Crippen molar-refractivity contribution in [2.75, 3.05) is 37.0 Å². The van der Waals surface area contributed by atoms with E-state index < -0.39 is 0 Å². The van der Waals surface area contributed by atoms with E-state index in [9.17, 15) is 9.90 Å². The monoisotopic (exact) mass is 326 g/mol. The van der Waals surface area contributed by atoms with E-state index in [4.69, 9.17) is 4.74 Å². The van der Waals surface area contributed by atoms with Crippen LogP contribution in [0.15, 0.2) is 48.5 Å². The van der Waals surface area contributed by atoms with Crippen LogP contribution in [0.25, 0.3) is 0 Å². The second-order valence-electron chi connectivity index (χ2n) is 6.35. The smallest absolute Gasteiger partial charge is 0.255 e. The Labute approximate surface area is 141 Å². The number of nitrogens with one attached hydrogen (secondary N) is 2. The number of amides is 1. The Balaban J connectivity index is 1.68. The maximum absolute atomic E-state index is 12.2. The molecule has 5 heteroatoms. The minimum Gasteiger partial charge on any atom is -0.396 e. The van der Waals surface area contributed by atoms with Crippen molar-refractivity contribution in [2.45, 2.75) is 6.92 Å². The molecular weight excluding hydrogens is 304 g/mol. The van der Waals surface area contributed by atoms with Gasteiger partial charge in [0.1, 0.15) is 0 Å². The van der Waals surface area contributed by atoms with Crippen molar-refractivity contribution in [1.29, 1.82) is 0 Å². The van der Waals surface area contributed by atoms with Crippen molar-refractivity contribution in [3.05, 3.63) is 59.7 Å². The number of rotatable bonds is 6. The maximum atomic E-state index is 12.2. The third-order valence-corrected chi connectivity index (χ3v) is 4.34. The summed E-state index contributed by atoms with van der Waals surface area (Å²) in [6.45, 7) is 3.89. The van der Waals surface area contributed by atoms with E-state index in [0.717, 1.165) is 16.9 Å². The zero-order valence-corrected chi connectivity index (χ0v) is 13.7. The molecular formula is C19H22N2O3. The van der Waals surface area contributed by atoms with Gasteiger partial charge in [0.15, 0.2) is 0 Å². The summed E-state index contributed by atoms with van der Waals surface area (Å²) >= 11 is 0. The predicted octanol–water partition coefficient (Wildman–Crippen LogP) is 2.67. The van der Waals surface area contributed by atoms with Crippen LogP contribution < -0.4 is 10.6 Å². The largest absolute Gasteiger partial charge is 0.396 e. The van der Waals surface area contributed by atoms with Gasteiger partial charge in [-0.05, 0) is 36.8 Å². The number of ether oxygens (including phenoxy) is 1. The Morgan fingerprint density at radius 1 is 1.21 bits per heavy atom. The molecule has 1 heterocycles. The van der Waals surface area contributed by atoms with Crippen LogP contribution in [0.4, 0.5) is 11.4 Å². The fourth-order valence-electron chi connectivity index (χ4n) is 2.61. The van der Waals surface area contributed by atoms with Gasteiger partial charge >= 0.3 is 0 Å². The van der Waals surface area contributed by atoms with E-state index in [1.165, 1.54) is 0 Å². The minimum absolute atomic E-state index is 0.101. The number of carbonyl (C=O) groups is 1. The quantitative estimate of drug-likeness (QED) is 0.763. The lowest BCUT2D eigenvalue weighted by Crippen LogP contribution is -2.50. The average molecular weight is 326 g/mol. The van der Waals surface area contributed by atoms with Crippen LogP contribution in [-0.4, -0.2) is 37.4 Å². The van der Waals surface area contributed by atoms with Gasteiger partial charge in [-0.1, -0.05) is 24.3 Å². The molecule has 2 aromatic carbocycles. The standard InChI is InChI=1S/C19H22N2O3/c1-14-7-8-16(21-18(23)15-5-3-2-4-6-15)9-17(14)20-10-19(11-22)12-24-13-19/h2-9,20,22H,10-13H2,1H3,(H,21,23). The molecule has 5 nitrogen and oxygen atoms in total. The van der Waals surface area contributed by atoms with Crippen LogP contribution in [0.1, 0.15) is 15.9 Å². The van der Waals surface area contributed by atoms with Crippen LogP contribution in [-0.2, 0) is 4.74 Å². The van der Waals surface area contributed by atoms with Gasteiger partial charge in [0, 0.05) is 23.5 Å². The third kappa shape index (κ3) is 3.58. The van der Waals surface area contributed by atoms with Crippen molar-refractivity contribution >= 4 is 17.3 Å². The first-order valence-electron chi connectivity index (χ1n) is 8.01. The summed E-state index contributed by atoms with van der Waals surface area (Å²) in [5.74, 6) is -0.135. The second kappa shape index (κ2) is 7.03. The molecule has 0 aromatic heterocycles. The number of hydrogen-bond acceptors (Lipinski definition) is 4. The molecule has 0 radical (unpaired) electrons. The lowest BCUT2D eigenvalue weighted by Gasteiger charge is -2.40. The van der Waals surface area contributed by atoms with Gasteiger partial charge in [-0.25, -0.2) is 0 Å². The van der Waals surface area contributed by atoms with Crippen LogP contribution in [0.5, 0.6) is 0 Å². The van der Waals surface area contributed by atoms with Gasteiger partial charge in [-0.2, -0.15) is 0 Å². The Morgan fingerprint density at radius 2 is 1.96 bits per heavy atom. The van der Waals surface area contributed by atoms with Gasteiger partial charge < -0.3 is 20.5 Å². The van der Waals surface area contributed by atoms with Crippen molar-refractivity contribution in [3.8, 4) is 0 Å². The molecule has 0 aliphatic carbocycles. The molecule has 1 amide bonds. The Kier molecular flexibility index (Phi) is 4.83. The SMILES string of the molecule is Cc1ccc(NC(=O)c2ccccc2)cc1NCC1(CO)COC1. The van der Waals surface area contributed by atoms with Crippen molar-refractivity contribution in [2.24, 2.45) is 5.41 Å². The number of aliphatic hydroxyl groups excluding tert-OH is 1. The van der Waals surface area contributed by atoms with Crippen LogP contribution in [0.2, 0.25) is 0 Å². The fourth-order valence-corrected chi connectivity index (χ4v) is 2.61. The number of aryl methyl sites for hydroxylation is 1. The van der Waals surface area contributed by atoms with E-state index in [2.05, 4.69) is 10.6 Å². The maximum Gasteiger partial charge on any atom is 0.255 e. The first-order valence-corrected chi connectivity index (χ1v) is 8.01. The summed E-state index contributed by atoms with van der Waals surface area (Å²) < 4.78 is 5.22. The molecule has 1 aliphatic heterocycles. The molecule has 0 saturated carbocycles. The van der Waals surface area contributed by atoms with E-state index in [1.54, 1.807) is 12.1 Å². The molecule has 1 fully saturated rings. The highest BCUT2D eigenvalue weighted by atomic mass is 16.5. The molecule has 24 heavy (non-hydrogen) atoms. The summed E-state index contributed by atoms with van der Waals surface area (Å²) in [6.07, 6.45) is 0. The highest BCUT2D eigenvalue weighted by Gasteiger charge is 2.37. The zero-order valence-electron chi connectivity index (χ0n) is 13.7. The van der Waals surface area contributed by atoms with Crippen LogP contribution >= 0.6 is 0 Å². The number of hydrogen-bond donors (Lipinski definition) is 3. The van der Waals surface area contributed by atoms with Crippen molar-refractivity contribution in [1.82, 2.24) is 0 Å². The fraction of sp³-hybridized carbons (Fsp3) is 0.316. The van der Waals surface area contributed by atoms with Crippen LogP contribution in [0, 0.1) is 12.3 Å². The first kappa shape index (κ1) is 16.5. The summed E-state index contributed by atoms with van der Waals surface area (Å²) in [5, 5.41) is 15.8. The van der Waals surface area contributed by atoms with Gasteiger partial charge in [-0.3, -0.25) is 4.79 Å². The minimum atomic E-state index is -0.199. The predicted molar refractivity (Wildman–Crippen MR) is 94.4 cm³/mol. The first-order chi connectivity index (χ1) is 11.6. The van der Waals surface area contributed by atoms with Gasteiger partial charge in [-0.15, -0.1) is 0 Å². The highest BCUT2D eigenvalue weighted by Crippen LogP contribution is 2.28. The summed E-state index contributed by atoms with van der Waals surface area (Å²) in [5.41, 5.74) is 3.19. The number of anilines is 2. The third-order valence-electron chi connectivity index (χ3n) is 4.34. The lowest BCUT2D eigenvalue weighted by atomic mass is 9.87. The van der Waals surface area contributed by atoms with Crippen molar-refractivity contribution < 1.29 is 14.6 Å². The van der Waals surface area contributed by atoms with E-state index in [0.29, 0.717) is 25.3 Å². The summed E-state index contributed by atoms with van der Waals surface area (Å²) in [6, 6.07) is 14.9. The Bertz CT molecular complexity index is 706. The highest BCUT2D eigenvalue weighted by molar-refractivity contribution is 6.04. The Morgan fingerprint density at radius 3 is 2.58 bits per heavy atom. The van der Waals surface area contributed by atoms with Gasteiger partial charge in [0.2, 0.25) is 0 Å². The zero-order chi connectivity index (χ0) is 17.0. The van der Waals surface area contributed by atoms with Crippen LogP contribution in [0.3, 0.4) is 0 Å². The second-order valence-corrected chi connectivity index (χ2v) is 6.35. The van der Waals surface area contributed by atoms with E-state index in [1.807, 2.05) is 43.3 Å². The molecule has 3 rings (SSSR count). The van der Waals surface area contributed by atoms with Gasteiger partial charge in [0.25, 0.3) is 5.91 Å².